The summed E-state index contributed by atoms with van der Waals surface area (Å²) in [6.45, 7) is 9.78. The number of esters is 2. The van der Waals surface area contributed by atoms with Gasteiger partial charge in [-0.2, -0.15) is 0 Å². The highest BCUT2D eigenvalue weighted by atomic mass is 16.5. The Balaban J connectivity index is 0. The molecule has 0 saturated heterocycles. The quantitative estimate of drug-likeness (QED) is 0.0357. The average molecular weight is 733 g/mol. The highest BCUT2D eigenvalue weighted by molar-refractivity contribution is 5.69. The first-order valence-corrected chi connectivity index (χ1v) is 23.2. The molecule has 0 heterocycles. The summed E-state index contributed by atoms with van der Waals surface area (Å²) in [5.74, 6) is -0.0318. The third-order valence-electron chi connectivity index (χ3n) is 9.85. The zero-order valence-corrected chi connectivity index (χ0v) is 35.8. The van der Waals surface area contributed by atoms with Crippen molar-refractivity contribution >= 4 is 11.9 Å². The molecule has 0 aromatic carbocycles. The normalized spacial score (nSPS) is 11.3. The molecule has 0 saturated carbocycles. The lowest BCUT2D eigenvalue weighted by molar-refractivity contribution is -0.144. The van der Waals surface area contributed by atoms with Crippen LogP contribution < -0.4 is 0 Å². The fraction of sp³-hybridized carbons (Fsp3) is 0.875. The fourth-order valence-corrected chi connectivity index (χ4v) is 6.41. The maximum absolute atomic E-state index is 11.8. The van der Waals surface area contributed by atoms with Crippen molar-refractivity contribution in [3.63, 3.8) is 0 Å². The molecular formula is C48H92O4. The Morgan fingerprint density at radius 2 is 0.596 bits per heavy atom. The van der Waals surface area contributed by atoms with Gasteiger partial charge in [0.25, 0.3) is 0 Å². The monoisotopic (exact) mass is 733 g/mol. The second-order valence-corrected chi connectivity index (χ2v) is 15.2. The molecule has 0 aliphatic carbocycles. The van der Waals surface area contributed by atoms with Crippen molar-refractivity contribution in [3.8, 4) is 0 Å². The van der Waals surface area contributed by atoms with Crippen molar-refractivity contribution in [1.29, 1.82) is 0 Å². The van der Waals surface area contributed by atoms with Gasteiger partial charge in [0.1, 0.15) is 0 Å². The third kappa shape index (κ3) is 50.5. The Morgan fingerprint density at radius 3 is 0.923 bits per heavy atom. The van der Waals surface area contributed by atoms with Gasteiger partial charge >= 0.3 is 11.9 Å². The van der Waals surface area contributed by atoms with E-state index < -0.39 is 0 Å². The molecule has 0 aliphatic rings. The molecule has 0 N–H and O–H groups in total. The highest BCUT2D eigenvalue weighted by Gasteiger charge is 2.03. The van der Waals surface area contributed by atoms with Crippen molar-refractivity contribution in [1.82, 2.24) is 0 Å². The SMILES string of the molecule is CCCCCCCC/C=C\CCCCCCCC(=O)OCC.CCCCCCCC/C=C\CCCCCCCC(=O)OCCCCCCCCCC. The fourth-order valence-electron chi connectivity index (χ4n) is 6.41. The first-order chi connectivity index (χ1) is 25.6. The van der Waals surface area contributed by atoms with Crippen LogP contribution in [0.4, 0.5) is 0 Å². The number of carbonyl (C=O) groups is 2. The van der Waals surface area contributed by atoms with Crippen molar-refractivity contribution < 1.29 is 19.1 Å². The molecule has 308 valence electrons. The van der Waals surface area contributed by atoms with Gasteiger partial charge in [0.05, 0.1) is 13.2 Å². The van der Waals surface area contributed by atoms with Crippen LogP contribution in [0.1, 0.15) is 259 Å². The topological polar surface area (TPSA) is 52.6 Å². The summed E-state index contributed by atoms with van der Waals surface area (Å²) >= 11 is 0. The lowest BCUT2D eigenvalue weighted by atomic mass is 10.1. The summed E-state index contributed by atoms with van der Waals surface area (Å²) in [6.07, 6.45) is 54.4. The van der Waals surface area contributed by atoms with E-state index in [2.05, 4.69) is 45.1 Å². The third-order valence-corrected chi connectivity index (χ3v) is 9.85. The molecule has 0 spiro atoms. The number of ether oxygens (including phenoxy) is 2. The molecule has 0 rings (SSSR count). The average Bonchev–Trinajstić information content (AvgIpc) is 3.14. The van der Waals surface area contributed by atoms with Crippen LogP contribution in [0.5, 0.6) is 0 Å². The second kappa shape index (κ2) is 49.4. The predicted octanol–water partition coefficient (Wildman–Crippen LogP) is 16.3. The Morgan fingerprint density at radius 1 is 0.327 bits per heavy atom. The number of rotatable bonds is 40. The summed E-state index contributed by atoms with van der Waals surface area (Å²) in [6, 6.07) is 0. The number of allylic oxidation sites excluding steroid dienone is 4. The number of hydrogen-bond donors (Lipinski definition) is 0. The molecule has 52 heavy (non-hydrogen) atoms. The van der Waals surface area contributed by atoms with E-state index in [9.17, 15) is 9.59 Å². The predicted molar refractivity (Wildman–Crippen MR) is 229 cm³/mol. The van der Waals surface area contributed by atoms with Crippen LogP contribution in [-0.2, 0) is 19.1 Å². The Bertz CT molecular complexity index is 743. The molecule has 0 atom stereocenters. The number of hydrogen-bond acceptors (Lipinski definition) is 4. The largest absolute Gasteiger partial charge is 0.466 e. The zero-order chi connectivity index (χ0) is 38.3. The summed E-state index contributed by atoms with van der Waals surface area (Å²) in [5, 5.41) is 0. The molecule has 0 bridgehead atoms. The summed E-state index contributed by atoms with van der Waals surface area (Å²) in [5.41, 5.74) is 0. The van der Waals surface area contributed by atoms with Crippen molar-refractivity contribution in [2.24, 2.45) is 0 Å². The van der Waals surface area contributed by atoms with Crippen LogP contribution in [0.3, 0.4) is 0 Å². The molecular weight excluding hydrogens is 641 g/mol. The van der Waals surface area contributed by atoms with Gasteiger partial charge < -0.3 is 9.47 Å². The summed E-state index contributed by atoms with van der Waals surface area (Å²) in [7, 11) is 0. The minimum Gasteiger partial charge on any atom is -0.466 e. The van der Waals surface area contributed by atoms with Gasteiger partial charge in [-0.3, -0.25) is 9.59 Å². The molecule has 0 aromatic rings. The van der Waals surface area contributed by atoms with Gasteiger partial charge in [0, 0.05) is 12.8 Å². The van der Waals surface area contributed by atoms with Crippen LogP contribution in [0.25, 0.3) is 0 Å². The van der Waals surface area contributed by atoms with Gasteiger partial charge in [-0.15, -0.1) is 0 Å². The maximum atomic E-state index is 11.8. The van der Waals surface area contributed by atoms with Crippen LogP contribution in [0.2, 0.25) is 0 Å². The minimum atomic E-state index is -0.0415. The molecule has 4 nitrogen and oxygen atoms in total. The molecule has 0 aromatic heterocycles. The van der Waals surface area contributed by atoms with E-state index in [0.717, 1.165) is 32.1 Å². The van der Waals surface area contributed by atoms with Crippen molar-refractivity contribution in [3.05, 3.63) is 24.3 Å². The Labute approximate surface area is 326 Å². The van der Waals surface area contributed by atoms with E-state index in [1.807, 2.05) is 6.92 Å². The molecule has 0 amide bonds. The zero-order valence-electron chi connectivity index (χ0n) is 35.8. The lowest BCUT2D eigenvalue weighted by Crippen LogP contribution is -2.05. The van der Waals surface area contributed by atoms with Crippen molar-refractivity contribution in [2.75, 3.05) is 13.2 Å². The second-order valence-electron chi connectivity index (χ2n) is 15.2. The summed E-state index contributed by atoms with van der Waals surface area (Å²) in [4.78, 5) is 22.9. The number of unbranched alkanes of at least 4 members (excludes halogenated alkanes) is 29. The highest BCUT2D eigenvalue weighted by Crippen LogP contribution is 2.13. The van der Waals surface area contributed by atoms with E-state index in [0.29, 0.717) is 26.1 Å². The van der Waals surface area contributed by atoms with E-state index in [1.165, 1.54) is 186 Å². The first kappa shape index (κ1) is 52.5. The van der Waals surface area contributed by atoms with Crippen molar-refractivity contribution in [2.45, 2.75) is 259 Å². The molecule has 0 fully saturated rings. The smallest absolute Gasteiger partial charge is 0.305 e. The standard InChI is InChI=1S/C28H54O2.C20H38O2/c1-3-5-7-9-11-13-14-15-16-17-18-19-20-22-24-26-28(29)30-27-25-23-21-12-10-8-6-4-2;1-3-5-6-7-8-9-10-11-12-13-14-15-16-17-18-19-20(21)22-4-2/h15-16H,3-14,17-27H2,1-2H3;11-12H,3-10,13-19H2,1-2H3/b16-15-;12-11-. The molecule has 0 aliphatic heterocycles. The Hall–Kier alpha value is -1.58. The van der Waals surface area contributed by atoms with Crippen LogP contribution in [0, 0.1) is 0 Å². The van der Waals surface area contributed by atoms with E-state index in [1.54, 1.807) is 0 Å². The number of carbonyl (C=O) groups excluding carboxylic acids is 2. The van der Waals surface area contributed by atoms with E-state index in [4.69, 9.17) is 9.47 Å². The minimum absolute atomic E-state index is 0.00979. The Kier molecular flexibility index (Phi) is 49.9. The van der Waals surface area contributed by atoms with E-state index in [-0.39, 0.29) is 11.9 Å². The molecule has 0 unspecified atom stereocenters. The van der Waals surface area contributed by atoms with Crippen LogP contribution in [0.15, 0.2) is 24.3 Å². The lowest BCUT2D eigenvalue weighted by Gasteiger charge is -2.05. The van der Waals surface area contributed by atoms with Crippen LogP contribution in [-0.4, -0.2) is 25.2 Å². The maximum Gasteiger partial charge on any atom is 0.305 e. The first-order valence-electron chi connectivity index (χ1n) is 23.2. The van der Waals surface area contributed by atoms with Gasteiger partial charge in [-0.25, -0.2) is 0 Å². The van der Waals surface area contributed by atoms with Gasteiger partial charge in [-0.1, -0.05) is 193 Å². The van der Waals surface area contributed by atoms with Gasteiger partial charge in [-0.05, 0) is 77.6 Å². The summed E-state index contributed by atoms with van der Waals surface area (Å²) < 4.78 is 10.3. The molecule has 4 heteroatoms. The van der Waals surface area contributed by atoms with E-state index >= 15 is 0 Å². The van der Waals surface area contributed by atoms with Gasteiger partial charge in [0.15, 0.2) is 0 Å². The van der Waals surface area contributed by atoms with Crippen LogP contribution >= 0.6 is 0 Å². The van der Waals surface area contributed by atoms with Gasteiger partial charge in [0.2, 0.25) is 0 Å². The molecule has 0 radical (unpaired) electrons.